The quantitative estimate of drug-likeness (QED) is 0.319. The first-order valence-electron chi connectivity index (χ1n) is 11.6. The van der Waals surface area contributed by atoms with Gasteiger partial charge in [0.15, 0.2) is 16.6 Å². The van der Waals surface area contributed by atoms with Crippen LogP contribution in [0.15, 0.2) is 24.3 Å². The van der Waals surface area contributed by atoms with E-state index in [0.29, 0.717) is 5.22 Å². The Morgan fingerprint density at radius 3 is 1.56 bits per heavy atom. The van der Waals surface area contributed by atoms with Crippen molar-refractivity contribution < 1.29 is 8.85 Å². The van der Waals surface area contributed by atoms with Gasteiger partial charge in [-0.25, -0.2) is 0 Å². The van der Waals surface area contributed by atoms with E-state index in [1.165, 1.54) is 0 Å². The van der Waals surface area contributed by atoms with Gasteiger partial charge in [0.05, 0.1) is 0 Å². The predicted molar refractivity (Wildman–Crippen MR) is 137 cm³/mol. The Bertz CT molecular complexity index is 850. The molecule has 0 atom stereocenters. The molecule has 1 aromatic rings. The molecule has 32 heavy (non-hydrogen) atoms. The second-order valence-corrected chi connectivity index (χ2v) is 17.6. The summed E-state index contributed by atoms with van der Waals surface area (Å²) in [5.74, 6) is 0.985. The van der Waals surface area contributed by atoms with Crippen LogP contribution in [0.4, 0.5) is 0 Å². The molecule has 0 unspecified atom stereocenters. The van der Waals surface area contributed by atoms with Gasteiger partial charge in [0.2, 0.25) is 0 Å². The standard InChI is InChI=1S/C24H40N4O2Si2/c1-7-29-31(3,4)17-9-15-27-24(28-16-10-18-32(5,6)30-8-2)22-13-11-21(12-14-22)23(19-25)20-26/h11-14,27-28H,7-10,15-18H2,1-6H3. The van der Waals surface area contributed by atoms with Gasteiger partial charge in [0, 0.05) is 36.7 Å². The van der Waals surface area contributed by atoms with E-state index in [-0.39, 0.29) is 5.57 Å². The van der Waals surface area contributed by atoms with Crippen LogP contribution in [0.2, 0.25) is 38.3 Å². The smallest absolute Gasteiger partial charge is 0.186 e. The molecule has 176 valence electrons. The highest BCUT2D eigenvalue weighted by atomic mass is 28.4. The van der Waals surface area contributed by atoms with Gasteiger partial charge in [-0.15, -0.1) is 0 Å². The van der Waals surface area contributed by atoms with E-state index in [0.717, 1.165) is 62.3 Å². The lowest BCUT2D eigenvalue weighted by Crippen LogP contribution is -2.36. The van der Waals surface area contributed by atoms with Gasteiger partial charge in [-0.05, 0) is 65.0 Å². The zero-order valence-corrected chi connectivity index (χ0v) is 22.7. The van der Waals surface area contributed by atoms with Crippen molar-refractivity contribution in [2.24, 2.45) is 0 Å². The molecule has 0 aromatic heterocycles. The van der Waals surface area contributed by atoms with Gasteiger partial charge in [0.25, 0.3) is 0 Å². The third-order valence-corrected chi connectivity index (χ3v) is 10.5. The number of rotatable bonds is 14. The van der Waals surface area contributed by atoms with E-state index in [1.807, 2.05) is 36.4 Å². The van der Waals surface area contributed by atoms with Crippen molar-refractivity contribution in [3.63, 3.8) is 0 Å². The molecule has 0 radical (unpaired) electrons. The molecule has 8 heteroatoms. The van der Waals surface area contributed by atoms with E-state index in [1.54, 1.807) is 0 Å². The lowest BCUT2D eigenvalue weighted by atomic mass is 10.2. The second-order valence-electron chi connectivity index (χ2n) is 9.00. The number of hydrogen-bond donors (Lipinski definition) is 2. The van der Waals surface area contributed by atoms with Gasteiger partial charge in [0.1, 0.15) is 23.5 Å². The zero-order valence-electron chi connectivity index (χ0n) is 20.7. The highest BCUT2D eigenvalue weighted by Gasteiger charge is 2.21. The monoisotopic (exact) mass is 472 g/mol. The molecule has 0 saturated heterocycles. The number of benzene rings is 1. The van der Waals surface area contributed by atoms with Crippen molar-refractivity contribution >= 4 is 28.0 Å². The first-order chi connectivity index (χ1) is 15.2. The van der Waals surface area contributed by atoms with Crippen LogP contribution in [-0.2, 0) is 8.85 Å². The van der Waals surface area contributed by atoms with Crippen molar-refractivity contribution in [3.05, 3.63) is 34.7 Å². The number of nitriles is 2. The molecule has 0 aliphatic carbocycles. The fourth-order valence-electron chi connectivity index (χ4n) is 3.61. The maximum absolute atomic E-state index is 9.10. The maximum Gasteiger partial charge on any atom is 0.186 e. The van der Waals surface area contributed by atoms with Crippen LogP contribution in [0, 0.1) is 22.7 Å². The average molecular weight is 473 g/mol. The number of nitrogens with one attached hydrogen (secondary N) is 2. The van der Waals surface area contributed by atoms with Crippen LogP contribution in [-0.4, -0.2) is 42.9 Å². The van der Waals surface area contributed by atoms with Crippen molar-refractivity contribution in [1.82, 2.24) is 10.6 Å². The minimum atomic E-state index is -1.59. The van der Waals surface area contributed by atoms with Crippen LogP contribution < -0.4 is 21.1 Å². The Morgan fingerprint density at radius 2 is 1.19 bits per heavy atom. The molecule has 0 aliphatic rings. The molecule has 0 heterocycles. The van der Waals surface area contributed by atoms with E-state index < -0.39 is 16.6 Å². The highest BCUT2D eigenvalue weighted by molar-refractivity contribution is 6.71. The fraction of sp³-hybridized carbons (Fsp3) is 0.583. The normalized spacial score (nSPS) is 11.4. The highest BCUT2D eigenvalue weighted by Crippen LogP contribution is 2.14. The summed E-state index contributed by atoms with van der Waals surface area (Å²) in [6.07, 6.45) is 2.10. The maximum atomic E-state index is 9.10. The molecular formula is C24H40N4O2Si2. The van der Waals surface area contributed by atoms with Crippen LogP contribution in [0.3, 0.4) is 0 Å². The lowest BCUT2D eigenvalue weighted by molar-refractivity contribution is 0.328. The van der Waals surface area contributed by atoms with Crippen molar-refractivity contribution in [2.45, 2.75) is 65.0 Å². The average Bonchev–Trinajstić information content (AvgIpc) is 2.74. The Balaban J connectivity index is 2.92. The summed E-state index contributed by atoms with van der Waals surface area (Å²) in [7, 11) is -3.17. The SMILES string of the molecule is CCO[Si](C)(C)CCCNC(NCCC[Si](C)(C)OCC)=c1ccc(=C(C#N)C#N)cc1. The Morgan fingerprint density at radius 1 is 0.781 bits per heavy atom. The molecule has 1 aromatic carbocycles. The largest absolute Gasteiger partial charge is 0.418 e. The van der Waals surface area contributed by atoms with Gasteiger partial charge in [-0.3, -0.25) is 0 Å². The second kappa shape index (κ2) is 14.1. The fourth-order valence-corrected chi connectivity index (χ4v) is 7.51. The zero-order chi connectivity index (χ0) is 24.0. The summed E-state index contributed by atoms with van der Waals surface area (Å²) in [5.41, 5.74) is 0.130. The van der Waals surface area contributed by atoms with Crippen LogP contribution in [0.1, 0.15) is 26.7 Å². The summed E-state index contributed by atoms with van der Waals surface area (Å²) in [4.78, 5) is 0. The van der Waals surface area contributed by atoms with E-state index in [9.17, 15) is 0 Å². The Kier molecular flexibility index (Phi) is 12.3. The number of nitrogens with zero attached hydrogens (tertiary/aromatic N) is 2. The van der Waals surface area contributed by atoms with Gasteiger partial charge < -0.3 is 19.5 Å². The predicted octanol–water partition coefficient (Wildman–Crippen LogP) is 3.39. The molecule has 0 bridgehead atoms. The van der Waals surface area contributed by atoms with Crippen LogP contribution in [0.5, 0.6) is 0 Å². The lowest BCUT2D eigenvalue weighted by Gasteiger charge is -2.23. The van der Waals surface area contributed by atoms with Crippen molar-refractivity contribution in [2.75, 3.05) is 26.3 Å². The van der Waals surface area contributed by atoms with Crippen LogP contribution >= 0.6 is 0 Å². The third-order valence-electron chi connectivity index (χ3n) is 5.27. The summed E-state index contributed by atoms with van der Waals surface area (Å²) in [5, 5.41) is 27.0. The molecular weight excluding hydrogens is 432 g/mol. The number of hydrogen-bond acceptors (Lipinski definition) is 6. The summed E-state index contributed by atoms with van der Waals surface area (Å²) in [6, 6.07) is 13.7. The molecule has 6 nitrogen and oxygen atoms in total. The van der Waals surface area contributed by atoms with Gasteiger partial charge >= 0.3 is 0 Å². The summed E-state index contributed by atoms with van der Waals surface area (Å²) in [6.45, 7) is 16.5. The molecule has 2 N–H and O–H groups in total. The van der Waals surface area contributed by atoms with Crippen LogP contribution in [0.25, 0.3) is 11.4 Å². The first-order valence-corrected chi connectivity index (χ1v) is 17.8. The Hall–Kier alpha value is -2.11. The van der Waals surface area contributed by atoms with Gasteiger partial charge in [-0.2, -0.15) is 10.5 Å². The van der Waals surface area contributed by atoms with Gasteiger partial charge in [-0.1, -0.05) is 24.3 Å². The molecule has 1 rings (SSSR count). The van der Waals surface area contributed by atoms with E-state index in [4.69, 9.17) is 19.4 Å². The molecule has 0 fully saturated rings. The molecule has 0 saturated carbocycles. The topological polar surface area (TPSA) is 90.1 Å². The third kappa shape index (κ3) is 10.5. The summed E-state index contributed by atoms with van der Waals surface area (Å²) >= 11 is 0. The van der Waals surface area contributed by atoms with E-state index in [2.05, 4.69) is 50.7 Å². The van der Waals surface area contributed by atoms with Crippen molar-refractivity contribution in [3.8, 4) is 12.1 Å². The minimum absolute atomic E-state index is 0.130. The summed E-state index contributed by atoms with van der Waals surface area (Å²) < 4.78 is 11.9. The molecule has 0 aliphatic heterocycles. The molecule has 0 amide bonds. The molecule has 0 spiro atoms. The van der Waals surface area contributed by atoms with Crippen molar-refractivity contribution in [1.29, 1.82) is 10.5 Å². The Labute approximate surface area is 196 Å². The minimum Gasteiger partial charge on any atom is -0.418 e. The van der Waals surface area contributed by atoms with E-state index >= 15 is 0 Å². The first kappa shape index (κ1) is 27.9.